The molecule has 0 aliphatic heterocycles. The van der Waals surface area contributed by atoms with Gasteiger partial charge >= 0.3 is 105 Å². The van der Waals surface area contributed by atoms with Crippen LogP contribution in [0.25, 0.3) is 32.8 Å². The van der Waals surface area contributed by atoms with E-state index in [1.54, 1.807) is 12.1 Å². The van der Waals surface area contributed by atoms with E-state index in [2.05, 4.69) is 47.1 Å². The van der Waals surface area contributed by atoms with Crippen molar-refractivity contribution >= 4 is 128 Å². The first kappa shape index (κ1) is 68.3. The summed E-state index contributed by atoms with van der Waals surface area (Å²) in [5, 5.41) is 34.3. The molecule has 0 spiro atoms. The number of hydrogen-bond donors (Lipinski definition) is 2. The predicted octanol–water partition coefficient (Wildman–Crippen LogP) is -7.56. The Bertz CT molecular complexity index is 4210. The average molecular weight is 1120 g/mol. The number of nitriles is 1. The molecule has 368 valence electrons. The number of aromatic nitrogens is 2. The van der Waals surface area contributed by atoms with Crippen molar-refractivity contribution in [2.24, 2.45) is 20.5 Å². The van der Waals surface area contributed by atoms with Gasteiger partial charge in [-0.25, -0.2) is 35.2 Å². The van der Waals surface area contributed by atoms with Crippen LogP contribution in [0.5, 0.6) is 0 Å². The fraction of sp³-hybridized carbons (Fsp3) is 0.0238. The number of benzene rings is 6. The SMILES string of the molecule is Cc1c(C#N)c(Nc2ccc(S(=O)(=O)[O-])cc2)nc(Nc2ccc(S(=O)(=O)[O-])cc2)c1N=Nc1nc(-c2ccc3ccccc3c2)c(N=Nc2cc(S(=O)(=O)[O-])c3c[c-]cc(S(=O)(=O)[O-])c3c2)s1.O=S(=O)=O.[Li+].[Li+].[Li+].[Li+].[Li+]. The minimum atomic E-state index is -5.27. The van der Waals surface area contributed by atoms with Crippen LogP contribution in [0.2, 0.25) is 0 Å². The van der Waals surface area contributed by atoms with E-state index >= 15 is 0 Å². The smallest absolute Gasteiger partial charge is 0.754 e. The van der Waals surface area contributed by atoms with Gasteiger partial charge in [-0.1, -0.05) is 47.7 Å². The van der Waals surface area contributed by atoms with Gasteiger partial charge in [-0.3, -0.25) is 8.42 Å². The van der Waals surface area contributed by atoms with Gasteiger partial charge in [0.1, 0.15) is 47.8 Å². The van der Waals surface area contributed by atoms with Crippen molar-refractivity contribution < 1.29 is 159 Å². The largest absolute Gasteiger partial charge is 1.00 e. The van der Waals surface area contributed by atoms with Gasteiger partial charge in [0.05, 0.1) is 31.2 Å². The van der Waals surface area contributed by atoms with Crippen molar-refractivity contribution in [3.05, 3.63) is 132 Å². The number of nitrogens with one attached hydrogen (secondary N) is 2. The summed E-state index contributed by atoms with van der Waals surface area (Å²) in [6, 6.07) is 30.2. The van der Waals surface area contributed by atoms with Crippen molar-refractivity contribution in [2.75, 3.05) is 10.6 Å². The van der Waals surface area contributed by atoms with Gasteiger partial charge in [0.2, 0.25) is 5.13 Å². The molecular weight excluding hydrogens is 1100 g/mol. The van der Waals surface area contributed by atoms with Crippen LogP contribution in [-0.4, -0.2) is 74.5 Å². The third-order valence-electron chi connectivity index (χ3n) is 9.82. The maximum atomic E-state index is 12.4. The number of azo groups is 2. The quantitative estimate of drug-likeness (QED) is 0.0469. The normalized spacial score (nSPS) is 11.4. The summed E-state index contributed by atoms with van der Waals surface area (Å²) < 4.78 is 168. The molecule has 6 aromatic carbocycles. The Morgan fingerprint density at radius 1 is 0.597 bits per heavy atom. The summed E-state index contributed by atoms with van der Waals surface area (Å²) in [6.45, 7) is 1.51. The first-order valence-electron chi connectivity index (χ1n) is 19.4. The van der Waals surface area contributed by atoms with E-state index in [0.717, 1.165) is 70.6 Å². The Balaban J connectivity index is 0.00000218. The molecule has 8 rings (SSSR count). The Kier molecular flexibility index (Phi) is 24.7. The molecule has 35 heteroatoms. The maximum Gasteiger partial charge on any atom is 1.00 e. The molecule has 0 fully saturated rings. The molecule has 0 aliphatic rings. The summed E-state index contributed by atoms with van der Waals surface area (Å²) in [7, 11) is -23.2. The summed E-state index contributed by atoms with van der Waals surface area (Å²) in [5.41, 5.74) is 0.849. The minimum Gasteiger partial charge on any atom is -0.754 e. The number of thiazole rings is 1. The fourth-order valence-electron chi connectivity index (χ4n) is 6.66. The van der Waals surface area contributed by atoms with Crippen molar-refractivity contribution in [3.63, 3.8) is 0 Å². The van der Waals surface area contributed by atoms with Gasteiger partial charge in [0.25, 0.3) is 0 Å². The molecule has 0 atom stereocenters. The molecule has 8 aromatic rings. The van der Waals surface area contributed by atoms with Crippen LogP contribution in [0, 0.1) is 24.3 Å². The zero-order valence-corrected chi connectivity index (χ0v) is 45.6. The second-order valence-electron chi connectivity index (χ2n) is 14.4. The molecule has 0 saturated heterocycles. The third kappa shape index (κ3) is 17.1. The Morgan fingerprint density at radius 2 is 1.13 bits per heavy atom. The number of anilines is 4. The van der Waals surface area contributed by atoms with Crippen molar-refractivity contribution in [3.8, 4) is 17.3 Å². The van der Waals surface area contributed by atoms with E-state index < -0.39 is 76.0 Å². The zero-order chi connectivity index (χ0) is 52.3. The van der Waals surface area contributed by atoms with Crippen molar-refractivity contribution in [1.82, 2.24) is 9.97 Å². The third-order valence-corrected chi connectivity index (χ3v) is 14.1. The molecule has 24 nitrogen and oxygen atoms in total. The molecule has 0 bridgehead atoms. The summed E-state index contributed by atoms with van der Waals surface area (Å²) >= 11 is 0.824. The zero-order valence-electron chi connectivity index (χ0n) is 40.7. The predicted molar refractivity (Wildman–Crippen MR) is 251 cm³/mol. The van der Waals surface area contributed by atoms with E-state index in [1.807, 2.05) is 36.4 Å². The van der Waals surface area contributed by atoms with Gasteiger partial charge in [-0.2, -0.15) is 23.5 Å². The second kappa shape index (κ2) is 27.8. The van der Waals surface area contributed by atoms with E-state index in [0.29, 0.717) is 5.56 Å². The Hall–Kier alpha value is -4.84. The van der Waals surface area contributed by atoms with Crippen LogP contribution in [-0.2, 0) is 51.1 Å². The first-order valence-corrected chi connectivity index (χ1v) is 26.9. The number of rotatable bonds is 13. The molecular formula is C42H24Li5N9O15S6. The first-order chi connectivity index (χ1) is 33.8. The van der Waals surface area contributed by atoms with Crippen LogP contribution < -0.4 is 105 Å². The van der Waals surface area contributed by atoms with E-state index in [1.165, 1.54) is 31.2 Å². The van der Waals surface area contributed by atoms with Gasteiger partial charge in [-0.15, -0.1) is 43.9 Å². The maximum absolute atomic E-state index is 12.4. The van der Waals surface area contributed by atoms with Crippen molar-refractivity contribution in [1.29, 1.82) is 5.26 Å². The van der Waals surface area contributed by atoms with Crippen LogP contribution in [0.3, 0.4) is 0 Å². The van der Waals surface area contributed by atoms with Gasteiger partial charge in [0, 0.05) is 27.4 Å². The topological polar surface area (TPSA) is 403 Å². The Morgan fingerprint density at radius 3 is 1.65 bits per heavy atom. The van der Waals surface area contributed by atoms with E-state index in [4.69, 9.17) is 12.6 Å². The summed E-state index contributed by atoms with van der Waals surface area (Å²) in [4.78, 5) is 6.43. The molecule has 0 aliphatic carbocycles. The summed E-state index contributed by atoms with van der Waals surface area (Å²) in [6.07, 6.45) is 0. The van der Waals surface area contributed by atoms with Crippen LogP contribution in [0.1, 0.15) is 11.1 Å². The van der Waals surface area contributed by atoms with Crippen LogP contribution >= 0.6 is 11.3 Å². The number of nitrogens with zero attached hydrogens (tertiary/aromatic N) is 7. The molecule has 2 aromatic heterocycles. The molecule has 0 radical (unpaired) electrons. The van der Waals surface area contributed by atoms with Crippen LogP contribution in [0.15, 0.2) is 155 Å². The fourth-order valence-corrected chi connectivity index (χ4v) is 9.69. The van der Waals surface area contributed by atoms with E-state index in [9.17, 15) is 57.1 Å². The van der Waals surface area contributed by atoms with Gasteiger partial charge in [-0.05, 0) is 89.3 Å². The number of pyridine rings is 1. The van der Waals surface area contributed by atoms with Gasteiger partial charge < -0.3 is 28.8 Å². The molecule has 77 heavy (non-hydrogen) atoms. The van der Waals surface area contributed by atoms with Crippen LogP contribution in [0.4, 0.5) is 44.5 Å². The number of hydrogen-bond acceptors (Lipinski definition) is 25. The minimum absolute atomic E-state index is 0. The molecule has 2 heterocycles. The van der Waals surface area contributed by atoms with E-state index in [-0.39, 0.29) is 161 Å². The molecule has 0 amide bonds. The summed E-state index contributed by atoms with van der Waals surface area (Å²) in [5.74, 6) is -0.147. The second-order valence-corrected chi connectivity index (χ2v) is 21.2. The molecule has 2 N–H and O–H groups in total. The molecule has 0 unspecified atom stereocenters. The van der Waals surface area contributed by atoms with Gasteiger partial charge in [0.15, 0.2) is 16.6 Å². The van der Waals surface area contributed by atoms with Crippen molar-refractivity contribution in [2.45, 2.75) is 26.5 Å². The Labute approximate surface area is 504 Å². The monoisotopic (exact) mass is 1120 g/mol. The number of fused-ring (bicyclic) bond motifs is 2. The standard InChI is InChI=1S/C42H28N9O12S5.5Li.O3S/c1-23-34(22-43)39(44-27-11-15-30(16-12-27)65(52,53)54)47-40(45-28-13-17-31(18-14-28)66(55,56)57)37(23)49-51-42-46-38(26-10-9-24-5-2-3-6-25(24)19-26)41(64-42)50-48-29-20-33-32(36(21-29)68(61,62)63)7-4-8-35(33)67(58,59)60;;;;;;1-4(2)3/h2-3,5-21H,1H3,(H2,44,45,47)(H,52,53,54)(H,55,56,57)(H,58,59,60)(H,61,62,63);;;;;;/q-1;5*+1;/p-4. The molecule has 0 saturated carbocycles. The average Bonchev–Trinajstić information content (AvgIpc) is 3.72.